The van der Waals surface area contributed by atoms with Crippen molar-refractivity contribution in [3.05, 3.63) is 0 Å². The smallest absolute Gasteiger partial charge is 0.317 e. The van der Waals surface area contributed by atoms with Gasteiger partial charge in [0.25, 0.3) is 0 Å². The summed E-state index contributed by atoms with van der Waals surface area (Å²) >= 11 is 0. The van der Waals surface area contributed by atoms with E-state index in [9.17, 15) is 13.2 Å². The standard InChI is InChI=1S/C14H26N2O4S/c1-12-4-2-3-5-13(12)20-9-6-15-14(17)16-7-10-21(18,19)11-8-16/h12-13H,2-11H2,1H3,(H,15,17)/t12-,13-/m1/s1. The first-order valence-electron chi connectivity index (χ1n) is 7.83. The largest absolute Gasteiger partial charge is 0.376 e. The fourth-order valence-corrected chi connectivity index (χ4v) is 4.13. The first kappa shape index (κ1) is 16.5. The van der Waals surface area contributed by atoms with Crippen LogP contribution in [-0.2, 0) is 14.6 Å². The van der Waals surface area contributed by atoms with E-state index >= 15 is 0 Å². The summed E-state index contributed by atoms with van der Waals surface area (Å²) in [4.78, 5) is 13.4. The van der Waals surface area contributed by atoms with Gasteiger partial charge in [-0.25, -0.2) is 13.2 Å². The Morgan fingerprint density at radius 2 is 1.90 bits per heavy atom. The quantitative estimate of drug-likeness (QED) is 0.785. The van der Waals surface area contributed by atoms with Crippen molar-refractivity contribution in [2.45, 2.75) is 38.7 Å². The van der Waals surface area contributed by atoms with Crippen LogP contribution in [0, 0.1) is 5.92 Å². The van der Waals surface area contributed by atoms with Gasteiger partial charge in [0.2, 0.25) is 0 Å². The highest BCUT2D eigenvalue weighted by atomic mass is 32.2. The van der Waals surface area contributed by atoms with Gasteiger partial charge in [-0.1, -0.05) is 19.8 Å². The maximum absolute atomic E-state index is 11.9. The molecule has 1 aliphatic carbocycles. The number of sulfone groups is 1. The molecule has 2 rings (SSSR count). The summed E-state index contributed by atoms with van der Waals surface area (Å²) in [5.41, 5.74) is 0. The third-order valence-corrected chi connectivity index (χ3v) is 5.98. The molecule has 0 aromatic carbocycles. The zero-order valence-corrected chi connectivity index (χ0v) is 13.5. The van der Waals surface area contributed by atoms with E-state index in [0.717, 1.165) is 6.42 Å². The minimum Gasteiger partial charge on any atom is -0.376 e. The summed E-state index contributed by atoms with van der Waals surface area (Å²) < 4.78 is 28.4. The van der Waals surface area contributed by atoms with Gasteiger partial charge in [0.05, 0.1) is 24.2 Å². The first-order valence-corrected chi connectivity index (χ1v) is 9.65. The third kappa shape index (κ3) is 5.14. The van der Waals surface area contributed by atoms with Crippen molar-refractivity contribution in [1.82, 2.24) is 10.2 Å². The van der Waals surface area contributed by atoms with Crippen molar-refractivity contribution in [2.75, 3.05) is 37.7 Å². The molecule has 1 saturated heterocycles. The summed E-state index contributed by atoms with van der Waals surface area (Å²) in [7, 11) is -2.94. The van der Waals surface area contributed by atoms with Gasteiger partial charge in [-0.15, -0.1) is 0 Å². The molecule has 0 aromatic rings. The Morgan fingerprint density at radius 3 is 2.57 bits per heavy atom. The lowest BCUT2D eigenvalue weighted by molar-refractivity contribution is -0.00269. The molecular weight excluding hydrogens is 292 g/mol. The van der Waals surface area contributed by atoms with Crippen LogP contribution in [0.15, 0.2) is 0 Å². The van der Waals surface area contributed by atoms with Gasteiger partial charge in [0.15, 0.2) is 9.84 Å². The molecule has 0 radical (unpaired) electrons. The van der Waals surface area contributed by atoms with Crippen LogP contribution >= 0.6 is 0 Å². The highest BCUT2D eigenvalue weighted by molar-refractivity contribution is 7.91. The molecule has 2 fully saturated rings. The van der Waals surface area contributed by atoms with Gasteiger partial charge in [0.1, 0.15) is 0 Å². The number of carbonyl (C=O) groups excluding carboxylic acids is 1. The second kappa shape index (κ2) is 7.45. The third-order valence-electron chi connectivity index (χ3n) is 4.37. The molecule has 7 heteroatoms. The monoisotopic (exact) mass is 318 g/mol. The molecule has 0 spiro atoms. The highest BCUT2D eigenvalue weighted by Crippen LogP contribution is 2.25. The fourth-order valence-electron chi connectivity index (χ4n) is 2.93. The fraction of sp³-hybridized carbons (Fsp3) is 0.929. The molecule has 1 saturated carbocycles. The number of hydrogen-bond donors (Lipinski definition) is 1. The molecule has 2 aliphatic rings. The Morgan fingerprint density at radius 1 is 1.24 bits per heavy atom. The maximum Gasteiger partial charge on any atom is 0.317 e. The summed E-state index contributed by atoms with van der Waals surface area (Å²) in [6.45, 7) is 3.79. The average Bonchev–Trinajstić information content (AvgIpc) is 2.45. The van der Waals surface area contributed by atoms with Crippen molar-refractivity contribution in [1.29, 1.82) is 0 Å². The Balaban J connectivity index is 1.61. The van der Waals surface area contributed by atoms with Crippen LogP contribution in [0.1, 0.15) is 32.6 Å². The average molecular weight is 318 g/mol. The Labute approximate surface area is 127 Å². The molecule has 1 N–H and O–H groups in total. The van der Waals surface area contributed by atoms with Gasteiger partial charge in [-0.2, -0.15) is 0 Å². The van der Waals surface area contributed by atoms with Crippen LogP contribution in [0.4, 0.5) is 4.79 Å². The Bertz CT molecular complexity index is 438. The Kier molecular flexibility index (Phi) is 5.87. The summed E-state index contributed by atoms with van der Waals surface area (Å²) in [5.74, 6) is 0.731. The summed E-state index contributed by atoms with van der Waals surface area (Å²) in [6.07, 6.45) is 5.16. The van der Waals surface area contributed by atoms with E-state index < -0.39 is 9.84 Å². The predicted molar refractivity (Wildman–Crippen MR) is 81.0 cm³/mol. The van der Waals surface area contributed by atoms with E-state index in [2.05, 4.69) is 12.2 Å². The van der Waals surface area contributed by atoms with Gasteiger partial charge >= 0.3 is 6.03 Å². The number of amides is 2. The SMILES string of the molecule is C[C@@H]1CCCC[C@H]1OCCNC(=O)N1CCS(=O)(=O)CC1. The zero-order chi connectivity index (χ0) is 15.3. The van der Waals surface area contributed by atoms with E-state index in [1.807, 2.05) is 0 Å². The zero-order valence-electron chi connectivity index (χ0n) is 12.7. The van der Waals surface area contributed by atoms with Gasteiger partial charge in [-0.05, 0) is 18.8 Å². The van der Waals surface area contributed by atoms with Crippen molar-refractivity contribution in [2.24, 2.45) is 5.92 Å². The highest BCUT2D eigenvalue weighted by Gasteiger charge is 2.25. The van der Waals surface area contributed by atoms with Crippen molar-refractivity contribution < 1.29 is 17.9 Å². The second-order valence-corrected chi connectivity index (χ2v) is 8.35. The van der Waals surface area contributed by atoms with E-state index in [1.54, 1.807) is 4.90 Å². The number of nitrogens with zero attached hydrogens (tertiary/aromatic N) is 1. The number of rotatable bonds is 4. The number of urea groups is 1. The summed E-state index contributed by atoms with van der Waals surface area (Å²) in [5, 5.41) is 2.80. The Hall–Kier alpha value is -0.820. The van der Waals surface area contributed by atoms with E-state index in [1.165, 1.54) is 19.3 Å². The molecule has 1 aliphatic heterocycles. The topological polar surface area (TPSA) is 75.7 Å². The second-order valence-electron chi connectivity index (χ2n) is 6.04. The predicted octanol–water partition coefficient (Wildman–Crippen LogP) is 1.02. The van der Waals surface area contributed by atoms with E-state index in [-0.39, 0.29) is 30.6 Å². The number of nitrogens with one attached hydrogen (secondary N) is 1. The van der Waals surface area contributed by atoms with Crippen LogP contribution in [0.25, 0.3) is 0 Å². The van der Waals surface area contributed by atoms with Crippen LogP contribution in [0.2, 0.25) is 0 Å². The van der Waals surface area contributed by atoms with Crippen molar-refractivity contribution in [3.63, 3.8) is 0 Å². The van der Waals surface area contributed by atoms with Gasteiger partial charge in [0, 0.05) is 19.6 Å². The molecule has 1 heterocycles. The molecule has 6 nitrogen and oxygen atoms in total. The lowest BCUT2D eigenvalue weighted by Gasteiger charge is -2.29. The van der Waals surface area contributed by atoms with Crippen LogP contribution in [0.3, 0.4) is 0 Å². The minimum atomic E-state index is -2.94. The minimum absolute atomic E-state index is 0.0660. The van der Waals surface area contributed by atoms with E-state index in [0.29, 0.717) is 25.2 Å². The number of ether oxygens (including phenoxy) is 1. The van der Waals surface area contributed by atoms with Crippen molar-refractivity contribution in [3.8, 4) is 0 Å². The molecule has 2 atom stereocenters. The maximum atomic E-state index is 11.9. The molecular formula is C14H26N2O4S. The van der Waals surface area contributed by atoms with Crippen LogP contribution in [0.5, 0.6) is 0 Å². The number of carbonyl (C=O) groups is 1. The molecule has 0 unspecified atom stereocenters. The van der Waals surface area contributed by atoms with Crippen LogP contribution in [-0.4, -0.2) is 63.2 Å². The molecule has 122 valence electrons. The first-order chi connectivity index (χ1) is 9.98. The van der Waals surface area contributed by atoms with Crippen molar-refractivity contribution >= 4 is 15.9 Å². The van der Waals surface area contributed by atoms with Gasteiger partial charge < -0.3 is 15.0 Å². The van der Waals surface area contributed by atoms with Crippen LogP contribution < -0.4 is 5.32 Å². The molecule has 21 heavy (non-hydrogen) atoms. The lowest BCUT2D eigenvalue weighted by atomic mass is 9.88. The normalized spacial score (nSPS) is 29.1. The van der Waals surface area contributed by atoms with Gasteiger partial charge in [-0.3, -0.25) is 0 Å². The molecule has 2 amide bonds. The molecule has 0 aromatic heterocycles. The summed E-state index contributed by atoms with van der Waals surface area (Å²) in [6, 6.07) is -0.190. The lowest BCUT2D eigenvalue weighted by Crippen LogP contribution is -2.48. The number of hydrogen-bond acceptors (Lipinski definition) is 4. The van der Waals surface area contributed by atoms with E-state index in [4.69, 9.17) is 4.74 Å². The molecule has 0 bridgehead atoms.